The second-order valence-electron chi connectivity index (χ2n) is 6.78. The van der Waals surface area contributed by atoms with Crippen LogP contribution in [0.4, 0.5) is 0 Å². The summed E-state index contributed by atoms with van der Waals surface area (Å²) in [5.74, 6) is 0.593. The van der Waals surface area contributed by atoms with E-state index in [1.807, 2.05) is 0 Å². The molecule has 0 aliphatic rings. The molecule has 0 aromatic carbocycles. The summed E-state index contributed by atoms with van der Waals surface area (Å²) in [4.78, 5) is -0.0869. The molecule has 17 heavy (non-hydrogen) atoms. The quantitative estimate of drug-likeness (QED) is 0.349. The first kappa shape index (κ1) is 17.3. The highest BCUT2D eigenvalue weighted by atomic mass is 35.5. The third-order valence-electron chi connectivity index (χ3n) is 4.38. The molecule has 0 aromatic rings. The first-order valence-corrected chi connectivity index (χ1v) is 7.80. The lowest BCUT2D eigenvalue weighted by Gasteiger charge is -2.41. The molecule has 1 heteroatoms. The predicted molar refractivity (Wildman–Crippen MR) is 80.9 cm³/mol. The molecule has 0 fully saturated rings. The van der Waals surface area contributed by atoms with E-state index in [2.05, 4.69) is 41.5 Å². The van der Waals surface area contributed by atoms with E-state index in [1.165, 1.54) is 44.9 Å². The molecule has 0 spiro atoms. The Morgan fingerprint density at radius 3 is 1.82 bits per heavy atom. The lowest BCUT2D eigenvalue weighted by molar-refractivity contribution is 0.207. The van der Waals surface area contributed by atoms with Crippen LogP contribution in [-0.4, -0.2) is 4.87 Å². The van der Waals surface area contributed by atoms with Crippen molar-refractivity contribution in [2.75, 3.05) is 0 Å². The van der Waals surface area contributed by atoms with Gasteiger partial charge in [-0.2, -0.15) is 0 Å². The molecule has 0 rings (SSSR count). The van der Waals surface area contributed by atoms with E-state index in [0.717, 1.165) is 0 Å². The largest absolute Gasteiger partial charge is 0.119 e. The van der Waals surface area contributed by atoms with Crippen molar-refractivity contribution < 1.29 is 0 Å². The summed E-state index contributed by atoms with van der Waals surface area (Å²) in [5, 5.41) is 0. The monoisotopic (exact) mass is 260 g/mol. The Hall–Kier alpha value is 0.290. The lowest BCUT2D eigenvalue weighted by atomic mass is 9.72. The van der Waals surface area contributed by atoms with E-state index in [4.69, 9.17) is 11.6 Å². The summed E-state index contributed by atoms with van der Waals surface area (Å²) in [7, 11) is 0. The predicted octanol–water partition coefficient (Wildman–Crippen LogP) is 6.42. The topological polar surface area (TPSA) is 0 Å². The Morgan fingerprint density at radius 2 is 1.35 bits per heavy atom. The van der Waals surface area contributed by atoms with Gasteiger partial charge in [-0.15, -0.1) is 11.6 Å². The van der Waals surface area contributed by atoms with Crippen molar-refractivity contribution in [2.24, 2.45) is 11.3 Å². The molecular formula is C16H33Cl. The zero-order valence-electron chi connectivity index (χ0n) is 12.9. The maximum Gasteiger partial charge on any atom is 0.0492 e. The van der Waals surface area contributed by atoms with Crippen LogP contribution < -0.4 is 0 Å². The van der Waals surface area contributed by atoms with Crippen molar-refractivity contribution in [3.05, 3.63) is 0 Å². The summed E-state index contributed by atoms with van der Waals surface area (Å²) in [6.45, 7) is 13.5. The van der Waals surface area contributed by atoms with Gasteiger partial charge in [-0.3, -0.25) is 0 Å². The van der Waals surface area contributed by atoms with Crippen LogP contribution >= 0.6 is 11.6 Å². The van der Waals surface area contributed by atoms with Crippen LogP contribution in [0.1, 0.15) is 86.5 Å². The van der Waals surface area contributed by atoms with E-state index >= 15 is 0 Å². The third-order valence-corrected chi connectivity index (χ3v) is 5.32. The van der Waals surface area contributed by atoms with Gasteiger partial charge in [0, 0.05) is 4.87 Å². The molecule has 0 bridgehead atoms. The summed E-state index contributed by atoms with van der Waals surface area (Å²) < 4.78 is 0. The molecule has 0 saturated carbocycles. The highest BCUT2D eigenvalue weighted by Gasteiger charge is 2.39. The maximum atomic E-state index is 6.73. The van der Waals surface area contributed by atoms with Crippen LogP contribution in [0, 0.1) is 11.3 Å². The van der Waals surface area contributed by atoms with Gasteiger partial charge in [0.1, 0.15) is 0 Å². The smallest absolute Gasteiger partial charge is 0.0492 e. The Balaban J connectivity index is 3.82. The van der Waals surface area contributed by atoms with Crippen LogP contribution in [0.15, 0.2) is 0 Å². The van der Waals surface area contributed by atoms with Crippen LogP contribution in [0.25, 0.3) is 0 Å². The maximum absolute atomic E-state index is 6.73. The van der Waals surface area contributed by atoms with E-state index in [-0.39, 0.29) is 10.3 Å². The van der Waals surface area contributed by atoms with Gasteiger partial charge in [0.15, 0.2) is 0 Å². The molecule has 0 N–H and O–H groups in total. The number of hydrogen-bond donors (Lipinski definition) is 0. The molecule has 0 saturated heterocycles. The van der Waals surface area contributed by atoms with E-state index in [1.54, 1.807) is 0 Å². The molecule has 0 aliphatic carbocycles. The minimum absolute atomic E-state index is 0.0869. The van der Waals surface area contributed by atoms with Crippen LogP contribution in [0.5, 0.6) is 0 Å². The first-order chi connectivity index (χ1) is 7.73. The Kier molecular flexibility index (Phi) is 7.80. The SMILES string of the molecule is CCCCCCCCC(C)C(C)(Cl)C(C)(C)C. The first-order valence-electron chi connectivity index (χ1n) is 7.42. The Morgan fingerprint density at radius 1 is 0.882 bits per heavy atom. The van der Waals surface area contributed by atoms with Crippen molar-refractivity contribution in [3.63, 3.8) is 0 Å². The second kappa shape index (κ2) is 7.67. The second-order valence-corrected chi connectivity index (χ2v) is 7.57. The van der Waals surface area contributed by atoms with Gasteiger partial charge in [0.05, 0.1) is 0 Å². The summed E-state index contributed by atoms with van der Waals surface area (Å²) in [5.41, 5.74) is 0.177. The van der Waals surface area contributed by atoms with Crippen molar-refractivity contribution in [1.82, 2.24) is 0 Å². The molecular weight excluding hydrogens is 228 g/mol. The zero-order chi connectivity index (χ0) is 13.5. The number of unbranched alkanes of at least 4 members (excludes halogenated alkanes) is 5. The molecule has 0 aliphatic heterocycles. The number of hydrogen-bond acceptors (Lipinski definition) is 0. The van der Waals surface area contributed by atoms with Crippen molar-refractivity contribution in [2.45, 2.75) is 91.4 Å². The summed E-state index contributed by atoms with van der Waals surface area (Å²) >= 11 is 6.73. The van der Waals surface area contributed by atoms with Gasteiger partial charge in [-0.25, -0.2) is 0 Å². The van der Waals surface area contributed by atoms with Gasteiger partial charge < -0.3 is 0 Å². The molecule has 0 heterocycles. The van der Waals surface area contributed by atoms with Crippen LogP contribution in [0.3, 0.4) is 0 Å². The molecule has 0 amide bonds. The molecule has 104 valence electrons. The third kappa shape index (κ3) is 6.13. The average molecular weight is 261 g/mol. The fraction of sp³-hybridized carbons (Fsp3) is 1.00. The molecule has 0 nitrogen and oxygen atoms in total. The minimum Gasteiger partial charge on any atom is -0.119 e. The lowest BCUT2D eigenvalue weighted by Crippen LogP contribution is -2.40. The average Bonchev–Trinajstić information content (AvgIpc) is 2.21. The van der Waals surface area contributed by atoms with Crippen LogP contribution in [-0.2, 0) is 0 Å². The fourth-order valence-electron chi connectivity index (χ4n) is 2.24. The van der Waals surface area contributed by atoms with E-state index < -0.39 is 0 Å². The van der Waals surface area contributed by atoms with Gasteiger partial charge in [-0.05, 0) is 24.7 Å². The highest BCUT2D eigenvalue weighted by Crippen LogP contribution is 2.43. The molecule has 2 atom stereocenters. The standard InChI is InChI=1S/C16H33Cl/c1-7-8-9-10-11-12-13-14(2)16(6,17)15(3,4)5/h14H,7-13H2,1-6H3. The van der Waals surface area contributed by atoms with Crippen molar-refractivity contribution in [1.29, 1.82) is 0 Å². The van der Waals surface area contributed by atoms with Gasteiger partial charge >= 0.3 is 0 Å². The van der Waals surface area contributed by atoms with Gasteiger partial charge in [-0.1, -0.05) is 73.1 Å². The van der Waals surface area contributed by atoms with Crippen molar-refractivity contribution in [3.8, 4) is 0 Å². The van der Waals surface area contributed by atoms with Gasteiger partial charge in [0.2, 0.25) is 0 Å². The summed E-state index contributed by atoms with van der Waals surface area (Å²) in [6, 6.07) is 0. The van der Waals surface area contributed by atoms with E-state index in [0.29, 0.717) is 5.92 Å². The number of alkyl halides is 1. The minimum atomic E-state index is -0.0869. The zero-order valence-corrected chi connectivity index (χ0v) is 13.7. The Labute approximate surface area is 115 Å². The molecule has 2 unspecified atom stereocenters. The normalized spacial score (nSPS) is 17.8. The van der Waals surface area contributed by atoms with Crippen molar-refractivity contribution >= 4 is 11.6 Å². The van der Waals surface area contributed by atoms with Gasteiger partial charge in [0.25, 0.3) is 0 Å². The summed E-state index contributed by atoms with van der Waals surface area (Å²) in [6.07, 6.45) is 9.51. The molecule has 0 radical (unpaired) electrons. The number of rotatable bonds is 8. The van der Waals surface area contributed by atoms with Crippen LogP contribution in [0.2, 0.25) is 0 Å². The fourth-order valence-corrected chi connectivity index (χ4v) is 2.35. The Bertz CT molecular complexity index is 188. The van der Waals surface area contributed by atoms with E-state index in [9.17, 15) is 0 Å². The highest BCUT2D eigenvalue weighted by molar-refractivity contribution is 6.24. The molecule has 0 aromatic heterocycles. The number of halogens is 1.